The topological polar surface area (TPSA) is 374 Å². The van der Waals surface area contributed by atoms with E-state index in [0.717, 1.165) is 5.57 Å². The summed E-state index contributed by atoms with van der Waals surface area (Å²) in [6.07, 6.45) is -16.5. The summed E-state index contributed by atoms with van der Waals surface area (Å²) in [6.45, 7) is 20.3. The van der Waals surface area contributed by atoms with Gasteiger partial charge in [0.05, 0.1) is 67.3 Å². The normalized spacial score (nSPS) is 45.3. The van der Waals surface area contributed by atoms with E-state index >= 15 is 0 Å². The zero-order valence-corrected chi connectivity index (χ0v) is 53.5. The summed E-state index contributed by atoms with van der Waals surface area (Å²) in [4.78, 5) is 52.8. The maximum atomic E-state index is 13.5. The van der Waals surface area contributed by atoms with Crippen LogP contribution in [0.25, 0.3) is 0 Å². The van der Waals surface area contributed by atoms with Crippen LogP contribution in [-0.2, 0) is 61.8 Å². The number of aliphatic hydroxyl groups excluding tert-OH is 10. The second-order valence-corrected chi connectivity index (χ2v) is 29.2. The molecule has 24 nitrogen and oxygen atoms in total. The fourth-order valence-electron chi connectivity index (χ4n) is 18.3. The van der Waals surface area contributed by atoms with Crippen LogP contribution in [0.5, 0.6) is 0 Å². The molecule has 0 amide bonds. The predicted octanol–water partition coefficient (Wildman–Crippen LogP) is 2.64. The number of hydrogen-bond donors (Lipinski definition) is 11. The van der Waals surface area contributed by atoms with Crippen molar-refractivity contribution in [3.63, 3.8) is 0 Å². The number of carboxylic acid groups (broad SMARTS) is 1. The summed E-state index contributed by atoms with van der Waals surface area (Å²) in [5.74, 6) is -6.41. The number of esters is 3. The molecule has 504 valence electrons. The van der Waals surface area contributed by atoms with Crippen molar-refractivity contribution < 1.29 is 118 Å². The fourth-order valence-corrected chi connectivity index (χ4v) is 18.3. The summed E-state index contributed by atoms with van der Waals surface area (Å²) >= 11 is 0. The van der Waals surface area contributed by atoms with Gasteiger partial charge < -0.3 is 98.8 Å². The molecule has 9 aliphatic rings. The van der Waals surface area contributed by atoms with Crippen molar-refractivity contribution in [2.75, 3.05) is 19.8 Å². The molecule has 0 bridgehead atoms. The molecular weight excluding hydrogens is 1160 g/mol. The van der Waals surface area contributed by atoms with Crippen LogP contribution in [0.1, 0.15) is 147 Å². The highest BCUT2D eigenvalue weighted by atomic mass is 16.8. The average Bonchev–Trinajstić information content (AvgIpc) is 1.68. The van der Waals surface area contributed by atoms with Gasteiger partial charge in [0.2, 0.25) is 0 Å². The third-order valence-electron chi connectivity index (χ3n) is 23.6. The van der Waals surface area contributed by atoms with Crippen molar-refractivity contribution in [3.8, 4) is 0 Å². The number of rotatable bonds is 20. The summed E-state index contributed by atoms with van der Waals surface area (Å²) < 4.78 is 55.3. The molecule has 0 aromatic heterocycles. The lowest BCUT2D eigenvalue weighted by Crippen LogP contribution is -2.69. The van der Waals surface area contributed by atoms with E-state index in [1.54, 1.807) is 13.8 Å². The smallest absolute Gasteiger partial charge is 0.336 e. The van der Waals surface area contributed by atoms with Gasteiger partial charge in [-0.15, -0.1) is 0 Å². The van der Waals surface area contributed by atoms with Crippen molar-refractivity contribution in [1.29, 1.82) is 0 Å². The first-order chi connectivity index (χ1) is 41.7. The number of carboxylic acids is 1. The quantitative estimate of drug-likeness (QED) is 0.0274. The Balaban J connectivity index is 0.995. The minimum absolute atomic E-state index is 0.0216. The number of carbonyl (C=O) groups is 4. The zero-order valence-electron chi connectivity index (χ0n) is 53.5. The highest BCUT2D eigenvalue weighted by Gasteiger charge is 2.81. The maximum absolute atomic E-state index is 13.5. The molecule has 28 atom stereocenters. The lowest BCUT2D eigenvalue weighted by molar-refractivity contribution is -0.366. The number of aliphatic hydroxyl groups is 10. The number of allylic oxidation sites excluding steroid dienone is 4. The summed E-state index contributed by atoms with van der Waals surface area (Å²) in [5, 5.41) is 125. The molecule has 0 spiro atoms. The standard InChI is InChI=1S/C65H100O24/c1-13-29(3)56(79)85-49(31(5)68)50(86-57(80)30(4)14-2)38(70)23-36-52(75)64(28-81-32(6)69)37(25-60(36,7)8)34-16-17-41-62(11,35(34)24-42(64)71)21-19-40-61(9,10)43(20-22-63(40,41)12)84-59-51(87-58-48(74)47(73)46(72)39(27-67)83-58)45-53(76)65(45,54(88-59)55(77)78)89-44-18-15-33(26-66)82-44/h13-14,16,31,33,35-54,58-59,66-68,70-76H,15,17-28H2,1-12H3,(H,77,78)/b29-13-,30-14-/t31?,33-,35?,36+,37?,38?,39?,40?,41?,42-,43+,44+,45?,46?,47?,48?,49?,50?,51?,52+,53?,54?,58?,59?,62+,63+,64+,65?/m1/s1. The third-order valence-corrected chi connectivity index (χ3v) is 23.6. The van der Waals surface area contributed by atoms with Crippen molar-refractivity contribution in [2.24, 2.45) is 62.6 Å². The highest BCUT2D eigenvalue weighted by Crippen LogP contribution is 2.73. The van der Waals surface area contributed by atoms with Crippen molar-refractivity contribution in [3.05, 3.63) is 34.9 Å². The number of carbonyl (C=O) groups excluding carboxylic acids is 3. The van der Waals surface area contributed by atoms with E-state index in [2.05, 4.69) is 33.8 Å². The van der Waals surface area contributed by atoms with Crippen LogP contribution in [0.3, 0.4) is 0 Å². The van der Waals surface area contributed by atoms with Crippen molar-refractivity contribution >= 4 is 23.9 Å². The van der Waals surface area contributed by atoms with Crippen LogP contribution in [0.15, 0.2) is 34.9 Å². The summed E-state index contributed by atoms with van der Waals surface area (Å²) in [6, 6.07) is 0. The van der Waals surface area contributed by atoms with Gasteiger partial charge >= 0.3 is 23.9 Å². The third kappa shape index (κ3) is 12.0. The van der Waals surface area contributed by atoms with Gasteiger partial charge in [-0.1, -0.05) is 65.3 Å². The van der Waals surface area contributed by atoms with Gasteiger partial charge in [-0.3, -0.25) is 4.79 Å². The number of fused-ring (bicyclic) bond motifs is 8. The van der Waals surface area contributed by atoms with Crippen LogP contribution in [0.4, 0.5) is 0 Å². The molecule has 3 heterocycles. The maximum Gasteiger partial charge on any atom is 0.336 e. The lowest BCUT2D eigenvalue weighted by atomic mass is 9.36. The van der Waals surface area contributed by atoms with E-state index in [1.165, 1.54) is 39.8 Å². The molecule has 8 fully saturated rings. The molecule has 89 heavy (non-hydrogen) atoms. The second-order valence-electron chi connectivity index (χ2n) is 29.2. The van der Waals surface area contributed by atoms with Gasteiger partial charge in [0.15, 0.2) is 37.2 Å². The molecular formula is C65H100O24. The monoisotopic (exact) mass is 1260 g/mol. The Kier molecular flexibility index (Phi) is 20.4. The van der Waals surface area contributed by atoms with Gasteiger partial charge in [0, 0.05) is 24.5 Å². The van der Waals surface area contributed by atoms with Gasteiger partial charge in [-0.05, 0) is 144 Å². The first kappa shape index (κ1) is 69.8. The molecule has 0 aromatic carbocycles. The molecule has 19 unspecified atom stereocenters. The minimum atomic E-state index is -1.95. The highest BCUT2D eigenvalue weighted by molar-refractivity contribution is 5.88. The Morgan fingerprint density at radius 3 is 1.96 bits per heavy atom. The molecule has 9 rings (SSSR count). The van der Waals surface area contributed by atoms with Crippen LogP contribution < -0.4 is 0 Å². The Bertz CT molecular complexity index is 2690. The molecule has 0 radical (unpaired) electrons. The SMILES string of the molecule is C/C=C(/C)C(=O)OC(C(C)O)C(OC(=O)/C(C)=C\C)C(O)C[C@H]1[C@H](O)[C@@]2(COC(C)=O)C(CC1(C)C)C1=CCC3[C@@](C)(CCC4C(C)(C)[C@@H](OC5OC(C(=O)O)C6(O[C@H]7CC[C@H](CO)O7)C(O)C6C5OC5OC(CO)C(O)C(O)C5O)CC[C@@]43C)C1C[C@H]2O. The number of ether oxygens (including phenoxy) is 9. The Labute approximate surface area is 520 Å². The van der Waals surface area contributed by atoms with Crippen LogP contribution in [0.2, 0.25) is 0 Å². The van der Waals surface area contributed by atoms with Gasteiger partial charge in [0.1, 0.15) is 42.7 Å². The van der Waals surface area contributed by atoms with Crippen molar-refractivity contribution in [2.45, 2.75) is 263 Å². The Morgan fingerprint density at radius 2 is 1.37 bits per heavy atom. The first-order valence-electron chi connectivity index (χ1n) is 32.0. The molecule has 6 aliphatic carbocycles. The predicted molar refractivity (Wildman–Crippen MR) is 312 cm³/mol. The fraction of sp³-hybridized carbons (Fsp3) is 0.846. The van der Waals surface area contributed by atoms with E-state index in [1.807, 2.05) is 13.8 Å². The summed E-state index contributed by atoms with van der Waals surface area (Å²) in [5.41, 5.74) is -4.19. The van der Waals surface area contributed by atoms with Crippen LogP contribution in [0, 0.1) is 62.6 Å². The van der Waals surface area contributed by atoms with E-state index < -0.39 is 186 Å². The molecule has 24 heteroatoms. The molecule has 3 saturated heterocycles. The minimum Gasteiger partial charge on any atom is -0.479 e. The van der Waals surface area contributed by atoms with Crippen LogP contribution in [-0.4, -0.2) is 216 Å². The molecule has 3 aliphatic heterocycles. The van der Waals surface area contributed by atoms with E-state index in [9.17, 15) is 75.3 Å². The zero-order chi connectivity index (χ0) is 65.6. The van der Waals surface area contributed by atoms with E-state index in [4.69, 9.17) is 42.6 Å². The molecule has 5 saturated carbocycles. The van der Waals surface area contributed by atoms with Gasteiger partial charge in [0.25, 0.3) is 0 Å². The summed E-state index contributed by atoms with van der Waals surface area (Å²) in [7, 11) is 0. The van der Waals surface area contributed by atoms with E-state index in [0.29, 0.717) is 44.9 Å². The molecule has 11 N–H and O–H groups in total. The first-order valence-corrected chi connectivity index (χ1v) is 32.0. The van der Waals surface area contributed by atoms with Gasteiger partial charge in [-0.2, -0.15) is 0 Å². The van der Waals surface area contributed by atoms with Crippen molar-refractivity contribution in [1.82, 2.24) is 0 Å². The average molecular weight is 1270 g/mol. The molecule has 0 aromatic rings. The largest absolute Gasteiger partial charge is 0.479 e. The van der Waals surface area contributed by atoms with Gasteiger partial charge in [-0.25, -0.2) is 14.4 Å². The second kappa shape index (κ2) is 26.0. The number of aliphatic carboxylic acids is 1. The number of hydrogen-bond acceptors (Lipinski definition) is 23. The Hall–Kier alpha value is -3.54. The van der Waals surface area contributed by atoms with Crippen LogP contribution >= 0.6 is 0 Å². The van der Waals surface area contributed by atoms with E-state index in [-0.39, 0.29) is 66.8 Å². The Morgan fingerprint density at radius 1 is 0.730 bits per heavy atom. The lowest BCUT2D eigenvalue weighted by Gasteiger charge is -2.69.